The van der Waals surface area contributed by atoms with Gasteiger partial charge in [0.25, 0.3) is 0 Å². The summed E-state index contributed by atoms with van der Waals surface area (Å²) < 4.78 is 0. The van der Waals surface area contributed by atoms with Gasteiger partial charge >= 0.3 is 0 Å². The second-order valence-corrected chi connectivity index (χ2v) is 5.41. The molecule has 1 aromatic rings. The average molecular weight is 250 g/mol. The topological polar surface area (TPSA) is 52.7 Å². The summed E-state index contributed by atoms with van der Waals surface area (Å²) >= 11 is 0. The molecule has 0 bridgehead atoms. The van der Waals surface area contributed by atoms with Crippen molar-refractivity contribution >= 4 is 0 Å². The number of aromatic amines is 1. The Morgan fingerprint density at radius 3 is 3.22 bits per heavy atom. The van der Waals surface area contributed by atoms with E-state index in [4.69, 9.17) is 0 Å². The van der Waals surface area contributed by atoms with Crippen LogP contribution in [-0.2, 0) is 13.0 Å². The summed E-state index contributed by atoms with van der Waals surface area (Å²) in [5.41, 5.74) is 2.49. The van der Waals surface area contributed by atoms with Crippen molar-refractivity contribution in [1.29, 1.82) is 0 Å². The zero-order chi connectivity index (χ0) is 12.8. The van der Waals surface area contributed by atoms with Crippen LogP contribution in [0.15, 0.2) is 6.33 Å². The highest BCUT2D eigenvalue weighted by Gasteiger charge is 2.19. The molecule has 1 aromatic heterocycles. The van der Waals surface area contributed by atoms with E-state index < -0.39 is 0 Å². The number of hydrogen-bond donors (Lipinski definition) is 3. The second kappa shape index (κ2) is 6.90. The van der Waals surface area contributed by atoms with Crippen LogP contribution in [0.3, 0.4) is 0 Å². The Bertz CT molecular complexity index is 347. The number of aromatic nitrogens is 2. The molecule has 2 unspecified atom stereocenters. The van der Waals surface area contributed by atoms with E-state index in [1.165, 1.54) is 37.1 Å². The minimum absolute atomic E-state index is 0.523. The number of H-pyrrole nitrogens is 1. The van der Waals surface area contributed by atoms with E-state index in [0.717, 1.165) is 19.5 Å². The summed E-state index contributed by atoms with van der Waals surface area (Å²) in [6, 6.07) is 1.15. The molecule has 3 N–H and O–H groups in total. The summed E-state index contributed by atoms with van der Waals surface area (Å²) in [5, 5.41) is 7.18. The zero-order valence-corrected chi connectivity index (χ0v) is 11.6. The van der Waals surface area contributed by atoms with Crippen molar-refractivity contribution in [2.45, 2.75) is 64.6 Å². The molecule has 1 aliphatic rings. The van der Waals surface area contributed by atoms with Gasteiger partial charge in [0.15, 0.2) is 0 Å². The Morgan fingerprint density at radius 1 is 1.50 bits per heavy atom. The Kier molecular flexibility index (Phi) is 5.20. The van der Waals surface area contributed by atoms with Gasteiger partial charge in [-0.25, -0.2) is 4.98 Å². The van der Waals surface area contributed by atoms with Gasteiger partial charge in [-0.1, -0.05) is 26.2 Å². The largest absolute Gasteiger partial charge is 0.347 e. The van der Waals surface area contributed by atoms with Crippen LogP contribution >= 0.6 is 0 Å². The highest BCUT2D eigenvalue weighted by Crippen LogP contribution is 2.12. The van der Waals surface area contributed by atoms with E-state index in [0.29, 0.717) is 12.1 Å². The van der Waals surface area contributed by atoms with Gasteiger partial charge in [-0.2, -0.15) is 0 Å². The van der Waals surface area contributed by atoms with Crippen LogP contribution in [0.25, 0.3) is 0 Å². The molecule has 4 nitrogen and oxygen atoms in total. The maximum atomic E-state index is 4.37. The van der Waals surface area contributed by atoms with Crippen LogP contribution in [-0.4, -0.2) is 28.6 Å². The molecular formula is C14H26N4. The molecule has 0 saturated heterocycles. The van der Waals surface area contributed by atoms with Crippen molar-refractivity contribution in [3.05, 3.63) is 17.7 Å². The number of fused-ring (bicyclic) bond motifs is 1. The Labute approximate surface area is 110 Å². The van der Waals surface area contributed by atoms with Crippen LogP contribution in [0.4, 0.5) is 0 Å². The van der Waals surface area contributed by atoms with E-state index in [1.807, 2.05) is 0 Å². The summed E-state index contributed by atoms with van der Waals surface area (Å²) in [4.78, 5) is 7.55. The number of nitrogens with zero attached hydrogens (tertiary/aromatic N) is 1. The summed E-state index contributed by atoms with van der Waals surface area (Å²) in [6.07, 6.45) is 8.12. The molecule has 4 heteroatoms. The molecule has 0 aliphatic carbocycles. The van der Waals surface area contributed by atoms with Gasteiger partial charge in [0.05, 0.1) is 17.7 Å². The van der Waals surface area contributed by atoms with Gasteiger partial charge < -0.3 is 15.6 Å². The van der Waals surface area contributed by atoms with Gasteiger partial charge in [0.2, 0.25) is 0 Å². The Hall–Kier alpha value is -0.870. The molecule has 0 fully saturated rings. The minimum Gasteiger partial charge on any atom is -0.347 e. The first-order valence-corrected chi connectivity index (χ1v) is 7.27. The summed E-state index contributed by atoms with van der Waals surface area (Å²) in [6.45, 7) is 6.51. The Morgan fingerprint density at radius 2 is 2.39 bits per heavy atom. The quantitative estimate of drug-likeness (QED) is 0.649. The summed E-state index contributed by atoms with van der Waals surface area (Å²) in [7, 11) is 0. The third-order valence-electron chi connectivity index (χ3n) is 3.77. The number of nitrogens with one attached hydrogen (secondary N) is 3. The highest BCUT2D eigenvalue weighted by atomic mass is 15.0. The van der Waals surface area contributed by atoms with Crippen molar-refractivity contribution in [1.82, 2.24) is 20.6 Å². The van der Waals surface area contributed by atoms with Crippen LogP contribution in [0.5, 0.6) is 0 Å². The maximum Gasteiger partial charge on any atom is 0.0925 e. The predicted octanol–water partition coefficient (Wildman–Crippen LogP) is 1.98. The SMILES string of the molecule is CCCCCC(C)NCC1Cc2nc[nH]c2CN1. The van der Waals surface area contributed by atoms with Crippen LogP contribution in [0.2, 0.25) is 0 Å². The molecule has 102 valence electrons. The van der Waals surface area contributed by atoms with Crippen molar-refractivity contribution < 1.29 is 0 Å². The molecular weight excluding hydrogens is 224 g/mol. The molecule has 0 aromatic carbocycles. The third-order valence-corrected chi connectivity index (χ3v) is 3.77. The van der Waals surface area contributed by atoms with E-state index in [1.54, 1.807) is 6.33 Å². The van der Waals surface area contributed by atoms with Crippen molar-refractivity contribution in [2.24, 2.45) is 0 Å². The van der Waals surface area contributed by atoms with Crippen molar-refractivity contribution in [3.63, 3.8) is 0 Å². The van der Waals surface area contributed by atoms with Gasteiger partial charge in [-0.3, -0.25) is 0 Å². The van der Waals surface area contributed by atoms with Gasteiger partial charge in [0.1, 0.15) is 0 Å². The lowest BCUT2D eigenvalue weighted by atomic mass is 10.0. The molecule has 1 aliphatic heterocycles. The molecule has 2 heterocycles. The van der Waals surface area contributed by atoms with Gasteiger partial charge in [0, 0.05) is 31.6 Å². The zero-order valence-electron chi connectivity index (χ0n) is 11.6. The number of rotatable bonds is 7. The highest BCUT2D eigenvalue weighted by molar-refractivity contribution is 5.15. The van der Waals surface area contributed by atoms with Crippen LogP contribution in [0, 0.1) is 0 Å². The number of hydrogen-bond acceptors (Lipinski definition) is 3. The van der Waals surface area contributed by atoms with Gasteiger partial charge in [-0.15, -0.1) is 0 Å². The van der Waals surface area contributed by atoms with E-state index >= 15 is 0 Å². The first-order chi connectivity index (χ1) is 8.79. The standard InChI is InChI=1S/C14H26N4/c1-3-4-5-6-11(2)15-8-12-7-13-14(9-16-12)18-10-17-13/h10-12,15-16H,3-9H2,1-2H3,(H,17,18). The molecule has 2 atom stereocenters. The number of imidazole rings is 1. The first-order valence-electron chi connectivity index (χ1n) is 7.27. The summed E-state index contributed by atoms with van der Waals surface area (Å²) in [5.74, 6) is 0. The fourth-order valence-electron chi connectivity index (χ4n) is 2.52. The molecule has 18 heavy (non-hydrogen) atoms. The monoisotopic (exact) mass is 250 g/mol. The first kappa shape index (κ1) is 13.6. The fraction of sp³-hybridized carbons (Fsp3) is 0.786. The molecule has 0 spiro atoms. The molecule has 0 radical (unpaired) electrons. The maximum absolute atomic E-state index is 4.37. The fourth-order valence-corrected chi connectivity index (χ4v) is 2.52. The Balaban J connectivity index is 1.66. The molecule has 2 rings (SSSR count). The second-order valence-electron chi connectivity index (χ2n) is 5.41. The van der Waals surface area contributed by atoms with E-state index in [2.05, 4.69) is 34.4 Å². The molecule has 0 saturated carbocycles. The lowest BCUT2D eigenvalue weighted by Gasteiger charge is -2.25. The normalized spacial score (nSPS) is 20.7. The average Bonchev–Trinajstić information content (AvgIpc) is 2.84. The third kappa shape index (κ3) is 3.82. The molecule has 0 amide bonds. The van der Waals surface area contributed by atoms with E-state index in [9.17, 15) is 0 Å². The minimum atomic E-state index is 0.523. The predicted molar refractivity (Wildman–Crippen MR) is 74.5 cm³/mol. The van der Waals surface area contributed by atoms with Crippen LogP contribution in [0.1, 0.15) is 50.9 Å². The van der Waals surface area contributed by atoms with Crippen molar-refractivity contribution in [2.75, 3.05) is 6.54 Å². The number of unbranched alkanes of at least 4 members (excludes halogenated alkanes) is 2. The van der Waals surface area contributed by atoms with E-state index in [-0.39, 0.29) is 0 Å². The smallest absolute Gasteiger partial charge is 0.0925 e. The lowest BCUT2D eigenvalue weighted by molar-refractivity contribution is 0.402. The van der Waals surface area contributed by atoms with Crippen molar-refractivity contribution in [3.8, 4) is 0 Å². The lowest BCUT2D eigenvalue weighted by Crippen LogP contribution is -2.45. The van der Waals surface area contributed by atoms with Crippen LogP contribution < -0.4 is 10.6 Å². The van der Waals surface area contributed by atoms with Gasteiger partial charge in [-0.05, 0) is 13.3 Å².